The minimum atomic E-state index is 0.140. The number of hydrogen-bond acceptors (Lipinski definition) is 4. The van der Waals surface area contributed by atoms with E-state index in [0.717, 1.165) is 30.9 Å². The van der Waals surface area contributed by atoms with Gasteiger partial charge in [0.15, 0.2) is 0 Å². The fourth-order valence-corrected chi connectivity index (χ4v) is 5.59. The molecule has 3 heterocycles. The summed E-state index contributed by atoms with van der Waals surface area (Å²) >= 11 is 0. The maximum atomic E-state index is 12.7. The van der Waals surface area contributed by atoms with Gasteiger partial charge in [-0.1, -0.05) is 25.3 Å². The molecule has 1 unspecified atom stereocenters. The van der Waals surface area contributed by atoms with Gasteiger partial charge in [0, 0.05) is 38.1 Å². The third-order valence-electron chi connectivity index (χ3n) is 7.33. The van der Waals surface area contributed by atoms with Crippen LogP contribution in [-0.2, 0) is 11.3 Å². The number of carbonyl (C=O) groups is 1. The van der Waals surface area contributed by atoms with E-state index in [4.69, 9.17) is 0 Å². The van der Waals surface area contributed by atoms with E-state index in [1.807, 2.05) is 18.3 Å². The number of aromatic nitrogens is 1. The van der Waals surface area contributed by atoms with E-state index in [-0.39, 0.29) is 11.8 Å². The lowest BCUT2D eigenvalue weighted by Gasteiger charge is -2.42. The van der Waals surface area contributed by atoms with Crippen molar-refractivity contribution in [1.29, 1.82) is 0 Å². The second kappa shape index (κ2) is 10.5. The van der Waals surface area contributed by atoms with Gasteiger partial charge in [-0.15, -0.1) is 0 Å². The van der Waals surface area contributed by atoms with Crippen molar-refractivity contribution in [2.75, 3.05) is 32.7 Å². The standard InChI is InChI=1S/C24H38N4O/c29-24(26-17-21-8-4-12-25-16-21)22-9-5-13-28(19-22)23-10-14-27(15-11-23)18-20-6-2-1-3-7-20/h4,8,12,16,20,22-23H,1-3,5-7,9-11,13-15,17-19H2,(H,26,29). The van der Waals surface area contributed by atoms with Crippen molar-refractivity contribution in [2.45, 2.75) is 70.4 Å². The predicted octanol–water partition coefficient (Wildman–Crippen LogP) is 3.45. The van der Waals surface area contributed by atoms with E-state index in [9.17, 15) is 4.79 Å². The Bertz CT molecular complexity index is 623. The van der Waals surface area contributed by atoms with Gasteiger partial charge in [0.05, 0.1) is 5.92 Å². The molecule has 29 heavy (non-hydrogen) atoms. The van der Waals surface area contributed by atoms with Crippen molar-refractivity contribution in [3.63, 3.8) is 0 Å². The number of hydrogen-bond donors (Lipinski definition) is 1. The Balaban J connectivity index is 1.20. The lowest BCUT2D eigenvalue weighted by Crippen LogP contribution is -2.51. The highest BCUT2D eigenvalue weighted by atomic mass is 16.1. The molecule has 1 saturated carbocycles. The molecule has 0 spiro atoms. The first-order valence-corrected chi connectivity index (χ1v) is 11.9. The number of piperidine rings is 2. The zero-order chi connectivity index (χ0) is 19.9. The number of pyridine rings is 1. The van der Waals surface area contributed by atoms with Gasteiger partial charge in [-0.3, -0.25) is 14.7 Å². The van der Waals surface area contributed by atoms with Gasteiger partial charge >= 0.3 is 0 Å². The highest BCUT2D eigenvalue weighted by Gasteiger charge is 2.32. The summed E-state index contributed by atoms with van der Waals surface area (Å²) in [6.07, 6.45) is 15.5. The molecule has 3 aliphatic rings. The SMILES string of the molecule is O=C(NCc1cccnc1)C1CCCN(C2CCN(CC3CCCCC3)CC2)C1. The Morgan fingerprint density at radius 1 is 1.03 bits per heavy atom. The second-order valence-electron chi connectivity index (χ2n) is 9.45. The van der Waals surface area contributed by atoms with Crippen LogP contribution in [-0.4, -0.2) is 59.5 Å². The predicted molar refractivity (Wildman–Crippen MR) is 116 cm³/mol. The van der Waals surface area contributed by atoms with E-state index < -0.39 is 0 Å². The third kappa shape index (κ3) is 6.02. The Morgan fingerprint density at radius 3 is 2.62 bits per heavy atom. The van der Waals surface area contributed by atoms with Crippen molar-refractivity contribution in [3.05, 3.63) is 30.1 Å². The number of rotatable bonds is 6. The summed E-state index contributed by atoms with van der Waals surface area (Å²) in [7, 11) is 0. The molecule has 1 aromatic heterocycles. The second-order valence-corrected chi connectivity index (χ2v) is 9.45. The minimum Gasteiger partial charge on any atom is -0.352 e. The average Bonchev–Trinajstić information content (AvgIpc) is 2.79. The highest BCUT2D eigenvalue weighted by molar-refractivity contribution is 5.78. The van der Waals surface area contributed by atoms with Crippen LogP contribution in [0.3, 0.4) is 0 Å². The van der Waals surface area contributed by atoms with Crippen LogP contribution in [0.4, 0.5) is 0 Å². The first-order chi connectivity index (χ1) is 14.3. The summed E-state index contributed by atoms with van der Waals surface area (Å²) in [6.45, 7) is 6.51. The number of nitrogens with one attached hydrogen (secondary N) is 1. The molecular weight excluding hydrogens is 360 g/mol. The highest BCUT2D eigenvalue weighted by Crippen LogP contribution is 2.27. The average molecular weight is 399 g/mol. The first kappa shape index (κ1) is 20.8. The fourth-order valence-electron chi connectivity index (χ4n) is 5.59. The molecular formula is C24H38N4O. The summed E-state index contributed by atoms with van der Waals surface area (Å²) in [5.41, 5.74) is 1.07. The summed E-state index contributed by atoms with van der Waals surface area (Å²) < 4.78 is 0. The number of likely N-dealkylation sites (tertiary alicyclic amines) is 2. The lowest BCUT2D eigenvalue weighted by atomic mass is 9.88. The largest absolute Gasteiger partial charge is 0.352 e. The van der Waals surface area contributed by atoms with Crippen molar-refractivity contribution < 1.29 is 4.79 Å². The molecule has 0 bridgehead atoms. The van der Waals surface area contributed by atoms with Gasteiger partial charge < -0.3 is 10.2 Å². The molecule has 0 aromatic carbocycles. The van der Waals surface area contributed by atoms with Crippen LogP contribution < -0.4 is 5.32 Å². The monoisotopic (exact) mass is 398 g/mol. The van der Waals surface area contributed by atoms with Crippen molar-refractivity contribution in [2.24, 2.45) is 11.8 Å². The molecule has 2 saturated heterocycles. The topological polar surface area (TPSA) is 48.5 Å². The number of carbonyl (C=O) groups excluding carboxylic acids is 1. The van der Waals surface area contributed by atoms with Crippen LogP contribution in [0.1, 0.15) is 63.4 Å². The number of amides is 1. The molecule has 1 atom stereocenters. The number of nitrogens with zero attached hydrogens (tertiary/aromatic N) is 3. The van der Waals surface area contributed by atoms with Crippen LogP contribution in [0.5, 0.6) is 0 Å². The maximum Gasteiger partial charge on any atom is 0.224 e. The molecule has 1 N–H and O–H groups in total. The van der Waals surface area contributed by atoms with E-state index >= 15 is 0 Å². The van der Waals surface area contributed by atoms with Crippen LogP contribution in [0.2, 0.25) is 0 Å². The van der Waals surface area contributed by atoms with E-state index in [1.54, 1.807) is 6.20 Å². The quantitative estimate of drug-likeness (QED) is 0.797. The minimum absolute atomic E-state index is 0.140. The van der Waals surface area contributed by atoms with Gasteiger partial charge in [-0.2, -0.15) is 0 Å². The van der Waals surface area contributed by atoms with Gasteiger partial charge in [0.1, 0.15) is 0 Å². The lowest BCUT2D eigenvalue weighted by molar-refractivity contribution is -0.127. The molecule has 5 nitrogen and oxygen atoms in total. The molecule has 160 valence electrons. The van der Waals surface area contributed by atoms with Crippen molar-refractivity contribution in [3.8, 4) is 0 Å². The zero-order valence-corrected chi connectivity index (χ0v) is 17.9. The molecule has 0 radical (unpaired) electrons. The van der Waals surface area contributed by atoms with Crippen LogP contribution in [0.25, 0.3) is 0 Å². The smallest absolute Gasteiger partial charge is 0.224 e. The van der Waals surface area contributed by atoms with Crippen LogP contribution in [0, 0.1) is 11.8 Å². The van der Waals surface area contributed by atoms with Crippen molar-refractivity contribution >= 4 is 5.91 Å². The molecule has 1 aliphatic carbocycles. The van der Waals surface area contributed by atoms with Gasteiger partial charge in [-0.05, 0) is 75.7 Å². The summed E-state index contributed by atoms with van der Waals surface area (Å²) in [6, 6.07) is 4.61. The Kier molecular flexibility index (Phi) is 7.55. The van der Waals surface area contributed by atoms with Gasteiger partial charge in [0.2, 0.25) is 5.91 Å². The molecule has 2 aliphatic heterocycles. The summed E-state index contributed by atoms with van der Waals surface area (Å²) in [5.74, 6) is 1.30. The van der Waals surface area contributed by atoms with E-state index in [0.29, 0.717) is 12.6 Å². The molecule has 3 fully saturated rings. The molecule has 4 rings (SSSR count). The molecule has 1 aromatic rings. The Hall–Kier alpha value is -1.46. The van der Waals surface area contributed by atoms with Crippen LogP contribution in [0.15, 0.2) is 24.5 Å². The van der Waals surface area contributed by atoms with Crippen molar-refractivity contribution in [1.82, 2.24) is 20.1 Å². The van der Waals surface area contributed by atoms with Crippen LogP contribution >= 0.6 is 0 Å². The maximum absolute atomic E-state index is 12.7. The van der Waals surface area contributed by atoms with E-state index in [2.05, 4.69) is 20.1 Å². The molecule has 5 heteroatoms. The summed E-state index contributed by atoms with van der Waals surface area (Å²) in [5, 5.41) is 3.13. The zero-order valence-electron chi connectivity index (χ0n) is 17.9. The first-order valence-electron chi connectivity index (χ1n) is 11.9. The van der Waals surface area contributed by atoms with Gasteiger partial charge in [-0.25, -0.2) is 0 Å². The molecule has 1 amide bonds. The van der Waals surface area contributed by atoms with E-state index in [1.165, 1.54) is 71.1 Å². The third-order valence-corrected chi connectivity index (χ3v) is 7.33. The Morgan fingerprint density at radius 2 is 1.86 bits per heavy atom. The van der Waals surface area contributed by atoms with Gasteiger partial charge in [0.25, 0.3) is 0 Å². The summed E-state index contributed by atoms with van der Waals surface area (Å²) in [4.78, 5) is 22.2. The normalized spacial score (nSPS) is 25.7. The Labute approximate surface area is 176 Å². The fraction of sp³-hybridized carbons (Fsp3) is 0.750.